The van der Waals surface area contributed by atoms with Crippen LogP contribution in [0.5, 0.6) is 5.88 Å². The summed E-state index contributed by atoms with van der Waals surface area (Å²) in [5, 5.41) is 26.7. The molecule has 3 aliphatic rings. The smallest absolute Gasteiger partial charge is 0.213 e. The van der Waals surface area contributed by atoms with Crippen LogP contribution in [0, 0.1) is 38.2 Å². The van der Waals surface area contributed by atoms with Crippen LogP contribution in [0.25, 0.3) is 34.2 Å². The van der Waals surface area contributed by atoms with Crippen molar-refractivity contribution in [1.82, 2.24) is 78.3 Å². The highest BCUT2D eigenvalue weighted by atomic mass is 32.1. The number of anilines is 3. The average Bonchev–Trinajstić information content (AvgIpc) is 4.38. The molecule has 10 heterocycles. The number of benzene rings is 2. The number of aromatic nitrogens is 13. The predicted octanol–water partition coefficient (Wildman–Crippen LogP) is 7.83. The van der Waals surface area contributed by atoms with Crippen molar-refractivity contribution < 1.29 is 17.9 Å². The van der Waals surface area contributed by atoms with Crippen LogP contribution in [0.4, 0.5) is 28.6 Å². The lowest BCUT2D eigenvalue weighted by molar-refractivity contribution is 0.261. The first-order chi connectivity index (χ1) is 40.5. The van der Waals surface area contributed by atoms with Crippen molar-refractivity contribution in [3.05, 3.63) is 149 Å². The summed E-state index contributed by atoms with van der Waals surface area (Å²) in [4.78, 5) is 32.3. The standard InChI is InChI=1S/C19H20F2N6S.C19H21FN6S.C19H23N7OS/c1-13-10-15(12-22-24-13)18-23-19(28-25-18)27-8-6-26(7-9-27)5-4-14-2-3-16(20)17(21)11-14;1-14-12-16(13-21-23-14)18-22-19(27-24-18)26-10-8-25(9-11-26)7-6-15-2-4-17(20)5-3-15;1-14-11-16(13-21-23-14)18-22-19(28-24-18)26-9-7-25(8-10-26)6-4-15-3-5-20-17(12-15)27-2/h2-3,10-12H,4-9H2,1H3;2-5,12-13H,6-11H2,1H3;3,5,11-13H,4,6-10H2,1-2H3. The Morgan fingerprint density at radius 2 is 0.831 bits per heavy atom. The van der Waals surface area contributed by atoms with E-state index in [0.29, 0.717) is 23.9 Å². The van der Waals surface area contributed by atoms with E-state index >= 15 is 0 Å². The zero-order chi connectivity index (χ0) is 57.5. The van der Waals surface area contributed by atoms with Gasteiger partial charge in [0.15, 0.2) is 29.1 Å². The van der Waals surface area contributed by atoms with Crippen LogP contribution in [0.1, 0.15) is 33.8 Å². The number of methoxy groups -OCH3 is 1. The molecule has 0 N–H and O–H groups in total. The molecule has 0 aliphatic carbocycles. The van der Waals surface area contributed by atoms with Gasteiger partial charge in [-0.15, -0.1) is 0 Å². The van der Waals surface area contributed by atoms with Crippen molar-refractivity contribution in [2.75, 3.05) is 120 Å². The van der Waals surface area contributed by atoms with Crippen molar-refractivity contribution in [3.8, 4) is 40.0 Å². The largest absolute Gasteiger partial charge is 0.481 e. The second-order valence-electron chi connectivity index (χ2n) is 20.3. The van der Waals surface area contributed by atoms with Crippen molar-refractivity contribution in [2.45, 2.75) is 40.0 Å². The minimum atomic E-state index is -0.800. The van der Waals surface area contributed by atoms with Gasteiger partial charge >= 0.3 is 0 Å². The second kappa shape index (κ2) is 28.6. The zero-order valence-electron chi connectivity index (χ0n) is 46.7. The summed E-state index contributed by atoms with van der Waals surface area (Å²) in [6, 6.07) is 20.8. The van der Waals surface area contributed by atoms with E-state index in [4.69, 9.17) is 9.72 Å². The summed E-state index contributed by atoms with van der Waals surface area (Å²) < 4.78 is 58.0. The molecule has 2 aromatic carbocycles. The first kappa shape index (κ1) is 58.6. The van der Waals surface area contributed by atoms with Crippen LogP contribution in [0.3, 0.4) is 0 Å². The molecule has 26 heteroatoms. The van der Waals surface area contributed by atoms with Crippen LogP contribution in [-0.4, -0.2) is 184 Å². The number of halogens is 3. The van der Waals surface area contributed by atoms with Crippen molar-refractivity contribution in [3.63, 3.8) is 0 Å². The zero-order valence-corrected chi connectivity index (χ0v) is 49.2. The fourth-order valence-corrected chi connectivity index (χ4v) is 11.8. The van der Waals surface area contributed by atoms with E-state index < -0.39 is 11.6 Å². The Kier molecular flexibility index (Phi) is 20.2. The molecule has 3 fully saturated rings. The Balaban J connectivity index is 0.000000139. The molecule has 9 aromatic rings. The summed E-state index contributed by atoms with van der Waals surface area (Å²) in [5.74, 6) is 1.04. The van der Waals surface area contributed by atoms with Gasteiger partial charge in [-0.2, -0.15) is 58.7 Å². The molecular weight excluding hydrogens is 1120 g/mol. The van der Waals surface area contributed by atoms with Gasteiger partial charge in [0.25, 0.3) is 0 Å². The van der Waals surface area contributed by atoms with E-state index in [-0.39, 0.29) is 5.82 Å². The number of ether oxygens (including phenoxy) is 1. The van der Waals surface area contributed by atoms with Gasteiger partial charge in [-0.25, -0.2) is 18.2 Å². The number of hydrogen-bond acceptors (Lipinski definition) is 23. The maximum atomic E-state index is 13.3. The highest BCUT2D eigenvalue weighted by molar-refractivity contribution is 7.10. The lowest BCUT2D eigenvalue weighted by Crippen LogP contribution is -2.47. The van der Waals surface area contributed by atoms with E-state index in [0.717, 1.165) is 172 Å². The Hall–Kier alpha value is -7.62. The molecule has 7 aromatic heterocycles. The van der Waals surface area contributed by atoms with E-state index in [1.54, 1.807) is 38.0 Å². The predicted molar refractivity (Wildman–Crippen MR) is 318 cm³/mol. The Bertz CT molecular complexity index is 3490. The molecule has 20 nitrogen and oxygen atoms in total. The lowest BCUT2D eigenvalue weighted by Gasteiger charge is -2.34. The van der Waals surface area contributed by atoms with Crippen LogP contribution < -0.4 is 19.4 Å². The Morgan fingerprint density at radius 3 is 1.22 bits per heavy atom. The van der Waals surface area contributed by atoms with E-state index in [1.807, 2.05) is 57.2 Å². The molecule has 3 aliphatic heterocycles. The second-order valence-corrected chi connectivity index (χ2v) is 22.5. The van der Waals surface area contributed by atoms with Crippen LogP contribution in [-0.2, 0) is 19.3 Å². The molecule has 12 rings (SSSR count). The fraction of sp³-hybridized carbons (Fsp3) is 0.386. The minimum Gasteiger partial charge on any atom is -0.481 e. The molecule has 0 unspecified atom stereocenters. The van der Waals surface area contributed by atoms with Crippen LogP contribution in [0.2, 0.25) is 0 Å². The summed E-state index contributed by atoms with van der Waals surface area (Å²) in [5.41, 5.74) is 8.51. The lowest BCUT2D eigenvalue weighted by atomic mass is 10.1. The van der Waals surface area contributed by atoms with Gasteiger partial charge in [-0.05, 0) is 105 Å². The third kappa shape index (κ3) is 16.6. The number of rotatable bonds is 16. The molecule has 0 bridgehead atoms. The number of piperazine rings is 3. The molecule has 3 saturated heterocycles. The van der Waals surface area contributed by atoms with E-state index in [1.165, 1.54) is 70.0 Å². The third-order valence-electron chi connectivity index (χ3n) is 14.3. The SMILES string of the molecule is COc1cc(CCN2CCN(c3nc(-c4cnnc(C)c4)ns3)CC2)ccn1.Cc1cc(-c2nsc(N3CCN(CCc4ccc(F)c(F)c4)CC3)n2)cnn1.Cc1cc(-c2nsc(N3CCN(CCc4ccc(F)cc4)CC3)n2)cnn1. The molecule has 0 atom stereocenters. The maximum Gasteiger partial charge on any atom is 0.213 e. The Labute approximate surface area is 492 Å². The topological polar surface area (TPSA) is 196 Å². The van der Waals surface area contributed by atoms with E-state index in [2.05, 4.69) is 94.1 Å². The van der Waals surface area contributed by atoms with Gasteiger partial charge in [0.05, 0.1) is 42.8 Å². The van der Waals surface area contributed by atoms with Gasteiger partial charge in [0, 0.05) is 162 Å². The molecular formula is C57H64F3N19OS3. The van der Waals surface area contributed by atoms with Gasteiger partial charge in [-0.3, -0.25) is 14.7 Å². The van der Waals surface area contributed by atoms with Crippen molar-refractivity contribution in [1.29, 1.82) is 0 Å². The summed E-state index contributed by atoms with van der Waals surface area (Å²) >= 11 is 4.27. The summed E-state index contributed by atoms with van der Waals surface area (Å²) in [6.07, 6.45) is 9.54. The summed E-state index contributed by atoms with van der Waals surface area (Å²) in [6.45, 7) is 19.9. The van der Waals surface area contributed by atoms with Gasteiger partial charge in [-0.1, -0.05) is 18.2 Å². The number of pyridine rings is 1. The first-order valence-corrected chi connectivity index (χ1v) is 29.8. The van der Waals surface area contributed by atoms with E-state index in [9.17, 15) is 13.2 Å². The quantitative estimate of drug-likeness (QED) is 0.0907. The average molecular weight is 1180 g/mol. The van der Waals surface area contributed by atoms with Gasteiger partial charge < -0.3 is 19.4 Å². The number of aryl methyl sites for hydroxylation is 3. The molecule has 0 spiro atoms. The molecule has 432 valence electrons. The molecule has 0 amide bonds. The van der Waals surface area contributed by atoms with Crippen LogP contribution in [0.15, 0.2) is 97.6 Å². The molecule has 0 radical (unpaired) electrons. The van der Waals surface area contributed by atoms with Gasteiger partial charge in [0.1, 0.15) is 5.82 Å². The number of hydrogen-bond donors (Lipinski definition) is 0. The first-order valence-electron chi connectivity index (χ1n) is 27.5. The maximum absolute atomic E-state index is 13.3. The summed E-state index contributed by atoms with van der Waals surface area (Å²) in [7, 11) is 1.65. The number of nitrogens with zero attached hydrogens (tertiary/aromatic N) is 19. The van der Waals surface area contributed by atoms with Gasteiger partial charge in [0.2, 0.25) is 21.3 Å². The third-order valence-corrected chi connectivity index (χ3v) is 16.7. The fourth-order valence-electron chi connectivity index (χ4n) is 9.58. The molecule has 0 saturated carbocycles. The Morgan fingerprint density at radius 1 is 0.446 bits per heavy atom. The van der Waals surface area contributed by atoms with Crippen molar-refractivity contribution >= 4 is 50.0 Å². The van der Waals surface area contributed by atoms with Crippen molar-refractivity contribution in [2.24, 2.45) is 0 Å². The van der Waals surface area contributed by atoms with Crippen LogP contribution >= 0.6 is 34.6 Å². The molecule has 83 heavy (non-hydrogen) atoms. The normalized spacial score (nSPS) is 15.1. The highest BCUT2D eigenvalue weighted by Gasteiger charge is 2.24. The monoisotopic (exact) mass is 1180 g/mol. The minimum absolute atomic E-state index is 0.179. The highest BCUT2D eigenvalue weighted by Crippen LogP contribution is 2.28.